The first-order valence-electron chi connectivity index (χ1n) is 7.51. The molecule has 11 heteroatoms. The van der Waals surface area contributed by atoms with Crippen molar-refractivity contribution in [2.45, 2.75) is 50.4 Å². The number of nitrogens with zero attached hydrogens (tertiary/aromatic N) is 1. The van der Waals surface area contributed by atoms with Crippen LogP contribution in [0.15, 0.2) is 21.9 Å². The maximum Gasteiger partial charge on any atom is 0.330 e. The van der Waals surface area contributed by atoms with Gasteiger partial charge in [-0.1, -0.05) is 0 Å². The van der Waals surface area contributed by atoms with E-state index in [0.717, 1.165) is 33.0 Å². The second-order valence-electron chi connectivity index (χ2n) is 6.13. The minimum Gasteiger partial charge on any atom is -0.382 e. The van der Waals surface area contributed by atoms with Gasteiger partial charge in [0, 0.05) is 12.3 Å². The van der Waals surface area contributed by atoms with Gasteiger partial charge in [-0.15, -0.1) is 0 Å². The highest BCUT2D eigenvalue weighted by Crippen LogP contribution is 2.47. The number of aromatic nitrogens is 2. The molecule has 2 unspecified atom stereocenters. The summed E-state index contributed by atoms with van der Waals surface area (Å²) >= 11 is 0. The van der Waals surface area contributed by atoms with Crippen molar-refractivity contribution in [1.29, 1.82) is 0 Å². The molecule has 0 spiro atoms. The Bertz CT molecular complexity index is 888. The highest BCUT2D eigenvalue weighted by Gasteiger charge is 2.73. The first kappa shape index (κ1) is 19.8. The van der Waals surface area contributed by atoms with Gasteiger partial charge in [0.25, 0.3) is 5.56 Å². The molecule has 4 N–H and O–H groups in total. The normalized spacial score (nSPS) is 32.2. The van der Waals surface area contributed by atoms with Crippen molar-refractivity contribution >= 4 is 17.3 Å². The molecule has 1 fully saturated rings. The number of ether oxygens (including phenoxy) is 1. The van der Waals surface area contributed by atoms with Gasteiger partial charge in [-0.3, -0.25) is 28.7 Å². The van der Waals surface area contributed by atoms with Crippen LogP contribution in [-0.4, -0.2) is 65.6 Å². The molecule has 1 aliphatic heterocycles. The zero-order valence-corrected chi connectivity index (χ0v) is 14.1. The van der Waals surface area contributed by atoms with Gasteiger partial charge in [0.15, 0.2) is 29.2 Å². The lowest BCUT2D eigenvalue weighted by molar-refractivity contribution is -0.184. The number of aromatic amines is 1. The minimum atomic E-state index is -3.02. The third-order valence-electron chi connectivity index (χ3n) is 4.51. The number of aliphatic hydroxyl groups excluding tert-OH is 1. The molecule has 5 atom stereocenters. The van der Waals surface area contributed by atoms with Crippen LogP contribution >= 0.6 is 0 Å². The summed E-state index contributed by atoms with van der Waals surface area (Å²) in [5, 5.41) is 31.9. The molecule has 2 heterocycles. The van der Waals surface area contributed by atoms with Gasteiger partial charge in [0.1, 0.15) is 12.2 Å². The Kier molecular flexibility index (Phi) is 4.85. The van der Waals surface area contributed by atoms with E-state index in [1.54, 1.807) is 0 Å². The lowest BCUT2D eigenvalue weighted by atomic mass is 9.73. The van der Waals surface area contributed by atoms with Crippen molar-refractivity contribution in [1.82, 2.24) is 9.55 Å². The fourth-order valence-corrected chi connectivity index (χ4v) is 3.05. The van der Waals surface area contributed by atoms with E-state index in [9.17, 15) is 39.3 Å². The standard InChI is InChI=1S/C15H18N2O9/c1-6(18)10(22)11-14(24,7(2)19)15(25,8(3)20)12(26-11)17-5-4-9(21)16-13(17)23/h4-5,10-12,22,24-25H,1-3H3,(H,16,21,23)/t10?,11-,12-,14?,15+/m1/s1. The van der Waals surface area contributed by atoms with Crippen LogP contribution in [0.2, 0.25) is 0 Å². The number of hydrogen-bond acceptors (Lipinski definition) is 9. The first-order chi connectivity index (χ1) is 11.9. The zero-order valence-electron chi connectivity index (χ0n) is 14.1. The van der Waals surface area contributed by atoms with E-state index in [1.807, 2.05) is 4.98 Å². The molecule has 1 aliphatic rings. The van der Waals surface area contributed by atoms with Crippen LogP contribution in [0.5, 0.6) is 0 Å². The fraction of sp³-hybridized carbons (Fsp3) is 0.533. The summed E-state index contributed by atoms with van der Waals surface area (Å²) in [5.74, 6) is -3.23. The molecule has 1 saturated heterocycles. The van der Waals surface area contributed by atoms with Crippen LogP contribution < -0.4 is 11.2 Å². The Labute approximate surface area is 145 Å². The van der Waals surface area contributed by atoms with Crippen molar-refractivity contribution in [3.63, 3.8) is 0 Å². The van der Waals surface area contributed by atoms with Crippen LogP contribution in [0.1, 0.15) is 27.0 Å². The van der Waals surface area contributed by atoms with Gasteiger partial charge in [-0.25, -0.2) is 4.79 Å². The molecule has 0 amide bonds. The maximum atomic E-state index is 12.2. The van der Waals surface area contributed by atoms with E-state index >= 15 is 0 Å². The number of Topliss-reactive ketones (excluding diaryl/α,β-unsaturated/α-hetero) is 3. The topological polar surface area (TPSA) is 176 Å². The van der Waals surface area contributed by atoms with Crippen LogP contribution in [0.3, 0.4) is 0 Å². The van der Waals surface area contributed by atoms with E-state index in [4.69, 9.17) is 4.74 Å². The van der Waals surface area contributed by atoms with Crippen LogP contribution in [0.25, 0.3) is 0 Å². The number of rotatable bonds is 5. The molecule has 0 bridgehead atoms. The van der Waals surface area contributed by atoms with Crippen LogP contribution in [0.4, 0.5) is 0 Å². The molecular weight excluding hydrogens is 352 g/mol. The third-order valence-corrected chi connectivity index (χ3v) is 4.51. The average Bonchev–Trinajstić information content (AvgIpc) is 2.78. The molecule has 0 saturated carbocycles. The molecular formula is C15H18N2O9. The maximum absolute atomic E-state index is 12.2. The molecule has 1 aromatic heterocycles. The lowest BCUT2D eigenvalue weighted by Gasteiger charge is -2.37. The number of carbonyl (C=O) groups is 3. The summed E-state index contributed by atoms with van der Waals surface area (Å²) in [4.78, 5) is 61.0. The lowest BCUT2D eigenvalue weighted by Crippen LogP contribution is -2.68. The van der Waals surface area contributed by atoms with Crippen LogP contribution in [-0.2, 0) is 19.1 Å². The van der Waals surface area contributed by atoms with Gasteiger partial charge >= 0.3 is 5.69 Å². The van der Waals surface area contributed by atoms with E-state index in [0.29, 0.717) is 4.57 Å². The van der Waals surface area contributed by atoms with Crippen molar-refractivity contribution < 1.29 is 34.4 Å². The zero-order chi connectivity index (χ0) is 20.0. The SMILES string of the molecule is CC(=O)C(O)[C@H]1O[C@@H](n2ccc(=O)[nH]c2=O)[C@@](O)(C(C)=O)C1(O)C(C)=O. The quantitative estimate of drug-likeness (QED) is 0.421. The van der Waals surface area contributed by atoms with E-state index < -0.39 is 58.2 Å². The number of ketones is 3. The minimum absolute atomic E-state index is 0.573. The second kappa shape index (κ2) is 6.36. The third kappa shape index (κ3) is 2.56. The predicted octanol–water partition coefficient (Wildman–Crippen LogP) is -2.98. The van der Waals surface area contributed by atoms with Crippen molar-refractivity contribution in [3.05, 3.63) is 33.1 Å². The summed E-state index contributed by atoms with van der Waals surface area (Å²) < 4.78 is 5.85. The Morgan fingerprint density at radius 2 is 1.69 bits per heavy atom. The number of hydrogen-bond donors (Lipinski definition) is 4. The summed E-state index contributed by atoms with van der Waals surface area (Å²) in [5.41, 5.74) is -7.92. The molecule has 0 aliphatic carbocycles. The molecule has 142 valence electrons. The van der Waals surface area contributed by atoms with E-state index in [1.165, 1.54) is 0 Å². The fourth-order valence-electron chi connectivity index (χ4n) is 3.05. The van der Waals surface area contributed by atoms with E-state index in [-0.39, 0.29) is 0 Å². The van der Waals surface area contributed by atoms with Crippen molar-refractivity contribution in [2.75, 3.05) is 0 Å². The Balaban J connectivity index is 2.79. The number of carbonyl (C=O) groups excluding carboxylic acids is 3. The Hall–Kier alpha value is -2.47. The predicted molar refractivity (Wildman–Crippen MR) is 83.2 cm³/mol. The van der Waals surface area contributed by atoms with Gasteiger partial charge in [-0.05, 0) is 20.8 Å². The van der Waals surface area contributed by atoms with E-state index in [2.05, 4.69) is 0 Å². The molecule has 0 radical (unpaired) electrons. The smallest absolute Gasteiger partial charge is 0.330 e. The largest absolute Gasteiger partial charge is 0.382 e. The van der Waals surface area contributed by atoms with Gasteiger partial charge in [-0.2, -0.15) is 0 Å². The molecule has 26 heavy (non-hydrogen) atoms. The molecule has 2 rings (SSSR count). The second-order valence-corrected chi connectivity index (χ2v) is 6.13. The molecule has 0 aromatic carbocycles. The molecule has 11 nitrogen and oxygen atoms in total. The van der Waals surface area contributed by atoms with Gasteiger partial charge in [0.05, 0.1) is 0 Å². The Morgan fingerprint density at radius 3 is 2.12 bits per heavy atom. The Morgan fingerprint density at radius 1 is 1.15 bits per heavy atom. The highest BCUT2D eigenvalue weighted by atomic mass is 16.6. The van der Waals surface area contributed by atoms with Crippen LogP contribution in [0, 0.1) is 0 Å². The number of nitrogens with one attached hydrogen (secondary N) is 1. The summed E-state index contributed by atoms with van der Waals surface area (Å²) in [6.07, 6.45) is -5.21. The average molecular weight is 370 g/mol. The first-order valence-corrected chi connectivity index (χ1v) is 7.51. The summed E-state index contributed by atoms with van der Waals surface area (Å²) in [6, 6.07) is 0.882. The van der Waals surface area contributed by atoms with Crippen molar-refractivity contribution in [2.24, 2.45) is 0 Å². The van der Waals surface area contributed by atoms with Crippen molar-refractivity contribution in [3.8, 4) is 0 Å². The monoisotopic (exact) mass is 370 g/mol. The highest BCUT2D eigenvalue weighted by molar-refractivity contribution is 5.99. The number of H-pyrrole nitrogens is 1. The summed E-state index contributed by atoms with van der Waals surface area (Å²) in [6.45, 7) is 2.61. The van der Waals surface area contributed by atoms with Gasteiger partial charge < -0.3 is 20.1 Å². The number of aliphatic hydroxyl groups is 3. The van der Waals surface area contributed by atoms with Gasteiger partial charge in [0.2, 0.25) is 5.60 Å². The molecule has 1 aromatic rings. The summed E-state index contributed by atoms with van der Waals surface area (Å²) in [7, 11) is 0.